The van der Waals surface area contributed by atoms with Gasteiger partial charge in [-0.1, -0.05) is 17.7 Å². The van der Waals surface area contributed by atoms with Crippen molar-refractivity contribution in [2.24, 2.45) is 0 Å². The van der Waals surface area contributed by atoms with Crippen molar-refractivity contribution in [2.45, 2.75) is 6.61 Å². The van der Waals surface area contributed by atoms with Crippen LogP contribution in [0.15, 0.2) is 36.5 Å². The van der Waals surface area contributed by atoms with Crippen LogP contribution in [0.1, 0.15) is 11.3 Å². The molecule has 0 spiro atoms. The average Bonchev–Trinajstić information content (AvgIpc) is 2.55. The van der Waals surface area contributed by atoms with E-state index >= 15 is 0 Å². The summed E-state index contributed by atoms with van der Waals surface area (Å²) in [5, 5.41) is 9.22. The number of halogens is 3. The van der Waals surface area contributed by atoms with E-state index < -0.39 is 6.61 Å². The van der Waals surface area contributed by atoms with Crippen LogP contribution in [0.3, 0.4) is 0 Å². The van der Waals surface area contributed by atoms with Gasteiger partial charge in [0.05, 0.1) is 23.4 Å². The number of allylic oxidation sites excluding steroid dienone is 1. The Kier molecular flexibility index (Phi) is 5.50. The number of methoxy groups -OCH3 is 1. The summed E-state index contributed by atoms with van der Waals surface area (Å²) >= 11 is 5.96. The molecule has 1 aromatic heterocycles. The molecule has 2 rings (SSSR count). The smallest absolute Gasteiger partial charge is 0.387 e. The van der Waals surface area contributed by atoms with Gasteiger partial charge in [-0.3, -0.25) is 4.98 Å². The minimum Gasteiger partial charge on any atom is -0.493 e. The van der Waals surface area contributed by atoms with E-state index in [2.05, 4.69) is 9.72 Å². The molecule has 0 unspecified atom stereocenters. The van der Waals surface area contributed by atoms with Gasteiger partial charge < -0.3 is 9.47 Å². The first kappa shape index (κ1) is 16.7. The van der Waals surface area contributed by atoms with E-state index in [1.807, 2.05) is 6.07 Å². The zero-order chi connectivity index (χ0) is 16.8. The van der Waals surface area contributed by atoms with Crippen molar-refractivity contribution in [2.75, 3.05) is 7.11 Å². The Labute approximate surface area is 136 Å². The van der Waals surface area contributed by atoms with Crippen molar-refractivity contribution in [3.8, 4) is 17.6 Å². The molecule has 0 aliphatic carbocycles. The van der Waals surface area contributed by atoms with Crippen LogP contribution in [0.4, 0.5) is 8.78 Å². The van der Waals surface area contributed by atoms with Gasteiger partial charge in [-0.2, -0.15) is 14.0 Å². The van der Waals surface area contributed by atoms with Crippen LogP contribution in [0.5, 0.6) is 11.5 Å². The predicted octanol–water partition coefficient (Wildman–Crippen LogP) is 4.41. The highest BCUT2D eigenvalue weighted by atomic mass is 35.5. The van der Waals surface area contributed by atoms with E-state index in [0.29, 0.717) is 16.8 Å². The Bertz CT molecular complexity index is 759. The summed E-state index contributed by atoms with van der Waals surface area (Å²) < 4.78 is 34.2. The number of hydrogen-bond donors (Lipinski definition) is 0. The van der Waals surface area contributed by atoms with Crippen LogP contribution >= 0.6 is 11.6 Å². The molecule has 23 heavy (non-hydrogen) atoms. The molecule has 0 radical (unpaired) electrons. The molecule has 0 N–H and O–H groups in total. The van der Waals surface area contributed by atoms with Crippen molar-refractivity contribution in [1.82, 2.24) is 4.98 Å². The summed E-state index contributed by atoms with van der Waals surface area (Å²) in [6.07, 6.45) is 3.09. The summed E-state index contributed by atoms with van der Waals surface area (Å²) in [4.78, 5) is 4.09. The standard InChI is InChI=1S/C16H11ClF2N2O2/c1-22-14-8-10(7-12(17)15(14)23-16(18)19)6-11(9-20)13-4-2-3-5-21-13/h2-8,16H,1H3/b11-6-. The SMILES string of the molecule is COc1cc(/C=C(/C#N)c2ccccn2)cc(Cl)c1OC(F)F. The lowest BCUT2D eigenvalue weighted by Crippen LogP contribution is -2.04. The average molecular weight is 337 g/mol. The first-order chi connectivity index (χ1) is 11.0. The van der Waals surface area contributed by atoms with Gasteiger partial charge in [-0.25, -0.2) is 0 Å². The number of nitriles is 1. The molecule has 0 aliphatic heterocycles. The summed E-state index contributed by atoms with van der Waals surface area (Å²) in [5.74, 6) is -0.208. The molecule has 0 amide bonds. The fourth-order valence-electron chi connectivity index (χ4n) is 1.88. The summed E-state index contributed by atoms with van der Waals surface area (Å²) in [5.41, 5.74) is 1.28. The molecule has 0 saturated heterocycles. The molecule has 0 atom stereocenters. The van der Waals surface area contributed by atoms with Crippen LogP contribution in [0.25, 0.3) is 11.6 Å². The lowest BCUT2D eigenvalue weighted by atomic mass is 10.1. The minimum atomic E-state index is -3.02. The largest absolute Gasteiger partial charge is 0.493 e. The fourth-order valence-corrected chi connectivity index (χ4v) is 2.14. The summed E-state index contributed by atoms with van der Waals surface area (Å²) in [7, 11) is 1.31. The Morgan fingerprint density at radius 3 is 2.74 bits per heavy atom. The zero-order valence-electron chi connectivity index (χ0n) is 12.0. The number of benzene rings is 1. The third kappa shape index (κ3) is 4.18. The molecule has 0 bridgehead atoms. The number of rotatable bonds is 5. The second-order valence-electron chi connectivity index (χ2n) is 4.30. The summed E-state index contributed by atoms with van der Waals surface area (Å²) in [6.45, 7) is -3.02. The second kappa shape index (κ2) is 7.56. The van der Waals surface area contributed by atoms with Gasteiger partial charge >= 0.3 is 6.61 Å². The van der Waals surface area contributed by atoms with Gasteiger partial charge in [0.1, 0.15) is 6.07 Å². The number of pyridine rings is 1. The van der Waals surface area contributed by atoms with Crippen LogP contribution < -0.4 is 9.47 Å². The van der Waals surface area contributed by atoms with Gasteiger partial charge in [0, 0.05) is 6.20 Å². The number of hydrogen-bond acceptors (Lipinski definition) is 4. The molecule has 118 valence electrons. The highest BCUT2D eigenvalue weighted by molar-refractivity contribution is 6.32. The summed E-state index contributed by atoms with van der Waals surface area (Å²) in [6, 6.07) is 10.1. The maximum Gasteiger partial charge on any atom is 0.387 e. The number of aromatic nitrogens is 1. The van der Waals surface area contributed by atoms with Crippen LogP contribution in [0.2, 0.25) is 5.02 Å². The van der Waals surface area contributed by atoms with Gasteiger partial charge in [0.15, 0.2) is 11.5 Å². The third-order valence-electron chi connectivity index (χ3n) is 2.83. The van der Waals surface area contributed by atoms with Gasteiger partial charge in [-0.15, -0.1) is 0 Å². The van der Waals surface area contributed by atoms with Gasteiger partial charge in [0.2, 0.25) is 0 Å². The Morgan fingerprint density at radius 1 is 1.39 bits per heavy atom. The minimum absolute atomic E-state index is 0.0439. The molecule has 0 aliphatic rings. The van der Waals surface area contributed by atoms with Gasteiger partial charge in [-0.05, 0) is 35.9 Å². The highest BCUT2D eigenvalue weighted by Crippen LogP contribution is 2.38. The molecule has 2 aromatic rings. The van der Waals surface area contributed by atoms with E-state index in [9.17, 15) is 14.0 Å². The molecule has 0 fully saturated rings. The molecule has 4 nitrogen and oxygen atoms in total. The van der Waals surface area contributed by atoms with E-state index in [4.69, 9.17) is 16.3 Å². The molecular formula is C16H11ClF2N2O2. The zero-order valence-corrected chi connectivity index (χ0v) is 12.7. The third-order valence-corrected chi connectivity index (χ3v) is 3.11. The molecule has 1 aromatic carbocycles. The maximum absolute atomic E-state index is 12.4. The van der Waals surface area contributed by atoms with E-state index in [-0.39, 0.29) is 16.5 Å². The maximum atomic E-state index is 12.4. The number of ether oxygens (including phenoxy) is 2. The quantitative estimate of drug-likeness (QED) is 0.759. The molecular weight excluding hydrogens is 326 g/mol. The monoisotopic (exact) mass is 336 g/mol. The second-order valence-corrected chi connectivity index (χ2v) is 4.70. The fraction of sp³-hybridized carbons (Fsp3) is 0.125. The molecule has 7 heteroatoms. The number of alkyl halides is 2. The lowest BCUT2D eigenvalue weighted by Gasteiger charge is -2.12. The number of nitrogens with zero attached hydrogens (tertiary/aromatic N) is 2. The first-order valence-electron chi connectivity index (χ1n) is 6.40. The van der Waals surface area contributed by atoms with Crippen molar-refractivity contribution in [3.63, 3.8) is 0 Å². The van der Waals surface area contributed by atoms with Crippen molar-refractivity contribution in [1.29, 1.82) is 5.26 Å². The van der Waals surface area contributed by atoms with Crippen LogP contribution in [-0.2, 0) is 0 Å². The van der Waals surface area contributed by atoms with Crippen molar-refractivity contribution in [3.05, 3.63) is 52.8 Å². The first-order valence-corrected chi connectivity index (χ1v) is 6.78. The Morgan fingerprint density at radius 2 is 2.17 bits per heavy atom. The van der Waals surface area contributed by atoms with E-state index in [0.717, 1.165) is 0 Å². The highest BCUT2D eigenvalue weighted by Gasteiger charge is 2.16. The predicted molar refractivity (Wildman–Crippen MR) is 82.4 cm³/mol. The Balaban J connectivity index is 2.46. The molecule has 0 saturated carbocycles. The van der Waals surface area contributed by atoms with E-state index in [1.165, 1.54) is 25.3 Å². The lowest BCUT2D eigenvalue weighted by molar-refractivity contribution is -0.0511. The Hall–Kier alpha value is -2.65. The topological polar surface area (TPSA) is 55.1 Å². The van der Waals surface area contributed by atoms with Crippen LogP contribution in [-0.4, -0.2) is 18.7 Å². The normalized spacial score (nSPS) is 11.2. The van der Waals surface area contributed by atoms with Crippen molar-refractivity contribution < 1.29 is 18.3 Å². The van der Waals surface area contributed by atoms with Crippen molar-refractivity contribution >= 4 is 23.3 Å². The van der Waals surface area contributed by atoms with E-state index in [1.54, 1.807) is 24.4 Å². The van der Waals surface area contributed by atoms with Gasteiger partial charge in [0.25, 0.3) is 0 Å². The van der Waals surface area contributed by atoms with Crippen LogP contribution in [0, 0.1) is 11.3 Å². The molecule has 1 heterocycles.